The largest absolute Gasteiger partial charge is 0.465 e. The van der Waals surface area contributed by atoms with E-state index >= 15 is 0 Å². The van der Waals surface area contributed by atoms with Gasteiger partial charge in [-0.15, -0.1) is 0 Å². The predicted molar refractivity (Wildman–Crippen MR) is 37.0 cm³/mol. The fraction of sp³-hybridized carbons (Fsp3) is 0.833. The molecule has 0 bridgehead atoms. The fourth-order valence-electron chi connectivity index (χ4n) is 0.556. The fourth-order valence-corrected chi connectivity index (χ4v) is 0.556. The maximum atomic E-state index is 10.2. The van der Waals surface area contributed by atoms with E-state index in [0.717, 1.165) is 6.42 Å². The summed E-state index contributed by atoms with van der Waals surface area (Å²) in [7, 11) is 1.51. The van der Waals surface area contributed by atoms with Gasteiger partial charge in [0.1, 0.15) is 0 Å². The van der Waals surface area contributed by atoms with Crippen molar-refractivity contribution in [1.29, 1.82) is 0 Å². The Morgan fingerprint density at radius 2 is 2.10 bits per heavy atom. The molecule has 4 nitrogen and oxygen atoms in total. The van der Waals surface area contributed by atoms with Gasteiger partial charge in [0.15, 0.2) is 0 Å². The number of carbonyl (C=O) groups is 1. The first-order valence-electron chi connectivity index (χ1n) is 3.23. The molecule has 0 rings (SSSR count). The lowest BCUT2D eigenvalue weighted by molar-refractivity contribution is 0.154. The molecule has 0 aromatic rings. The summed E-state index contributed by atoms with van der Waals surface area (Å²) >= 11 is 0. The Morgan fingerprint density at radius 3 is 2.50 bits per heavy atom. The number of aliphatic hydroxyl groups excluding tert-OH is 1. The second kappa shape index (κ2) is 5.05. The van der Waals surface area contributed by atoms with E-state index in [1.807, 2.05) is 0 Å². The summed E-state index contributed by atoms with van der Waals surface area (Å²) in [4.78, 5) is 11.4. The van der Waals surface area contributed by atoms with Gasteiger partial charge in [0, 0.05) is 20.2 Å². The molecule has 0 heterocycles. The molecule has 0 spiro atoms. The van der Waals surface area contributed by atoms with E-state index in [1.165, 1.54) is 11.9 Å². The summed E-state index contributed by atoms with van der Waals surface area (Å²) in [5.41, 5.74) is 0. The van der Waals surface area contributed by atoms with Crippen LogP contribution in [-0.2, 0) is 0 Å². The molecular formula is C6H13NO3. The van der Waals surface area contributed by atoms with Crippen molar-refractivity contribution in [1.82, 2.24) is 4.90 Å². The molecule has 0 saturated heterocycles. The Morgan fingerprint density at radius 1 is 1.50 bits per heavy atom. The van der Waals surface area contributed by atoms with Crippen LogP contribution in [0.25, 0.3) is 0 Å². The number of unbranched alkanes of at least 4 members (excludes halogenated alkanes) is 1. The van der Waals surface area contributed by atoms with Crippen molar-refractivity contribution in [2.75, 3.05) is 20.2 Å². The van der Waals surface area contributed by atoms with Crippen molar-refractivity contribution in [3.8, 4) is 0 Å². The Hall–Kier alpha value is -0.770. The third kappa shape index (κ3) is 4.14. The number of carboxylic acid groups (broad SMARTS) is 1. The average Bonchev–Trinajstić information content (AvgIpc) is 1.88. The molecule has 2 N–H and O–H groups in total. The van der Waals surface area contributed by atoms with Gasteiger partial charge in [-0.1, -0.05) is 0 Å². The first kappa shape index (κ1) is 9.23. The summed E-state index contributed by atoms with van der Waals surface area (Å²) in [6, 6.07) is 0. The van der Waals surface area contributed by atoms with E-state index in [1.54, 1.807) is 0 Å². The topological polar surface area (TPSA) is 60.8 Å². The summed E-state index contributed by atoms with van der Waals surface area (Å²) < 4.78 is 0. The van der Waals surface area contributed by atoms with Crippen molar-refractivity contribution in [2.24, 2.45) is 0 Å². The number of rotatable bonds is 4. The molecule has 10 heavy (non-hydrogen) atoms. The zero-order valence-electron chi connectivity index (χ0n) is 6.08. The minimum Gasteiger partial charge on any atom is -0.465 e. The van der Waals surface area contributed by atoms with E-state index in [4.69, 9.17) is 10.2 Å². The predicted octanol–water partition coefficient (Wildman–Crippen LogP) is 0.369. The molecule has 1 amide bonds. The Kier molecular flexibility index (Phi) is 4.66. The number of amides is 1. The van der Waals surface area contributed by atoms with Gasteiger partial charge in [-0.05, 0) is 12.8 Å². The lowest BCUT2D eigenvalue weighted by Crippen LogP contribution is -2.25. The molecule has 0 radical (unpaired) electrons. The summed E-state index contributed by atoms with van der Waals surface area (Å²) in [6.45, 7) is 0.628. The van der Waals surface area contributed by atoms with Crippen molar-refractivity contribution >= 4 is 6.09 Å². The van der Waals surface area contributed by atoms with Crippen molar-refractivity contribution in [3.63, 3.8) is 0 Å². The second-order valence-corrected chi connectivity index (χ2v) is 2.13. The van der Waals surface area contributed by atoms with E-state index in [2.05, 4.69) is 0 Å². The van der Waals surface area contributed by atoms with Crippen LogP contribution in [-0.4, -0.2) is 41.4 Å². The van der Waals surface area contributed by atoms with Crippen LogP contribution in [0.15, 0.2) is 0 Å². The van der Waals surface area contributed by atoms with Crippen LogP contribution in [0.4, 0.5) is 4.79 Å². The smallest absolute Gasteiger partial charge is 0.407 e. The van der Waals surface area contributed by atoms with Gasteiger partial charge in [-0.3, -0.25) is 0 Å². The summed E-state index contributed by atoms with van der Waals surface area (Å²) in [6.07, 6.45) is 0.467. The lowest BCUT2D eigenvalue weighted by atomic mass is 10.3. The lowest BCUT2D eigenvalue weighted by Gasteiger charge is -2.11. The van der Waals surface area contributed by atoms with Gasteiger partial charge in [-0.2, -0.15) is 0 Å². The van der Waals surface area contributed by atoms with E-state index < -0.39 is 6.09 Å². The molecule has 0 aliphatic carbocycles. The molecule has 0 aromatic carbocycles. The zero-order chi connectivity index (χ0) is 7.98. The minimum atomic E-state index is -0.919. The van der Waals surface area contributed by atoms with Gasteiger partial charge in [0.2, 0.25) is 0 Å². The quantitative estimate of drug-likeness (QED) is 0.565. The van der Waals surface area contributed by atoms with Gasteiger partial charge >= 0.3 is 6.09 Å². The summed E-state index contributed by atoms with van der Waals surface area (Å²) in [5, 5.41) is 16.7. The Labute approximate surface area is 60.1 Å². The number of aliphatic hydroxyl groups is 1. The molecule has 0 saturated carbocycles. The third-order valence-electron chi connectivity index (χ3n) is 1.23. The maximum Gasteiger partial charge on any atom is 0.407 e. The third-order valence-corrected chi connectivity index (χ3v) is 1.23. The maximum absolute atomic E-state index is 10.2. The highest BCUT2D eigenvalue weighted by atomic mass is 16.4. The normalized spacial score (nSPS) is 9.40. The van der Waals surface area contributed by atoms with Gasteiger partial charge in [0.25, 0.3) is 0 Å². The first-order valence-corrected chi connectivity index (χ1v) is 3.23. The highest BCUT2D eigenvalue weighted by Crippen LogP contribution is 1.91. The van der Waals surface area contributed by atoms with Crippen molar-refractivity contribution in [3.05, 3.63) is 0 Å². The Balaban J connectivity index is 3.21. The van der Waals surface area contributed by atoms with Crippen LogP contribution in [0.2, 0.25) is 0 Å². The highest BCUT2D eigenvalue weighted by molar-refractivity contribution is 5.64. The monoisotopic (exact) mass is 147 g/mol. The molecule has 0 aliphatic rings. The zero-order valence-corrected chi connectivity index (χ0v) is 6.08. The van der Waals surface area contributed by atoms with Gasteiger partial charge in [-0.25, -0.2) is 4.79 Å². The molecule has 4 heteroatoms. The van der Waals surface area contributed by atoms with E-state index in [9.17, 15) is 4.79 Å². The molecular weight excluding hydrogens is 134 g/mol. The number of hydrogen-bond acceptors (Lipinski definition) is 2. The summed E-state index contributed by atoms with van der Waals surface area (Å²) in [5.74, 6) is 0. The molecule has 0 unspecified atom stereocenters. The van der Waals surface area contributed by atoms with Gasteiger partial charge in [0.05, 0.1) is 0 Å². The Bertz CT molecular complexity index is 105. The van der Waals surface area contributed by atoms with Crippen LogP contribution in [0, 0.1) is 0 Å². The van der Waals surface area contributed by atoms with Crippen LogP contribution in [0.1, 0.15) is 12.8 Å². The number of nitrogens with zero attached hydrogens (tertiary/aromatic N) is 1. The van der Waals surface area contributed by atoms with Crippen molar-refractivity contribution in [2.45, 2.75) is 12.8 Å². The van der Waals surface area contributed by atoms with Crippen molar-refractivity contribution < 1.29 is 15.0 Å². The van der Waals surface area contributed by atoms with Crippen LogP contribution in [0.3, 0.4) is 0 Å². The van der Waals surface area contributed by atoms with E-state index in [-0.39, 0.29) is 6.61 Å². The van der Waals surface area contributed by atoms with Gasteiger partial charge < -0.3 is 15.1 Å². The molecule has 0 aliphatic heterocycles. The standard InChI is InChI=1S/C6H13NO3/c1-7(6(9)10)4-2-3-5-8/h8H,2-5H2,1H3,(H,9,10). The second-order valence-electron chi connectivity index (χ2n) is 2.13. The van der Waals surface area contributed by atoms with Crippen LogP contribution >= 0.6 is 0 Å². The molecule has 0 fully saturated rings. The van der Waals surface area contributed by atoms with Crippen LogP contribution < -0.4 is 0 Å². The van der Waals surface area contributed by atoms with E-state index in [0.29, 0.717) is 13.0 Å². The SMILES string of the molecule is CN(CCCCO)C(=O)O. The highest BCUT2D eigenvalue weighted by Gasteiger charge is 2.02. The molecule has 0 aromatic heterocycles. The van der Waals surface area contributed by atoms with Crippen LogP contribution in [0.5, 0.6) is 0 Å². The minimum absolute atomic E-state index is 0.132. The molecule has 60 valence electrons. The average molecular weight is 147 g/mol. The molecule has 0 atom stereocenters. The first-order chi connectivity index (χ1) is 4.68. The number of hydrogen-bond donors (Lipinski definition) is 2.